The summed E-state index contributed by atoms with van der Waals surface area (Å²) in [6.45, 7) is 8.21. The minimum atomic E-state index is -0.452. The molecule has 0 radical (unpaired) electrons. The summed E-state index contributed by atoms with van der Waals surface area (Å²) >= 11 is 0. The lowest BCUT2D eigenvalue weighted by molar-refractivity contribution is -0.117. The fourth-order valence-electron chi connectivity index (χ4n) is 2.60. The third-order valence-corrected chi connectivity index (χ3v) is 3.94. The Morgan fingerprint density at radius 1 is 1.25 bits per heavy atom. The molecule has 0 spiro atoms. The Hall–Kier alpha value is -3.16. The Labute approximate surface area is 162 Å². The van der Waals surface area contributed by atoms with Gasteiger partial charge in [-0.15, -0.1) is 0 Å². The van der Waals surface area contributed by atoms with E-state index in [2.05, 4.69) is 15.4 Å². The average Bonchev–Trinajstić information content (AvgIpc) is 3.03. The molecule has 8 heteroatoms. The quantitative estimate of drug-likeness (QED) is 0.672. The monoisotopic (exact) mass is 384 g/mol. The molecule has 0 bridgehead atoms. The number of benzene rings is 1. The Morgan fingerprint density at radius 3 is 2.68 bits per heavy atom. The predicted octanol–water partition coefficient (Wildman–Crippen LogP) is 3.18. The van der Waals surface area contributed by atoms with Gasteiger partial charge in [-0.25, -0.2) is 4.68 Å². The summed E-state index contributed by atoms with van der Waals surface area (Å²) in [4.78, 5) is 28.9. The molecule has 2 aromatic heterocycles. The van der Waals surface area contributed by atoms with Gasteiger partial charge in [0.15, 0.2) is 5.58 Å². The second-order valence-electron chi connectivity index (χ2n) is 7.28. The van der Waals surface area contributed by atoms with Gasteiger partial charge in [0.25, 0.3) is 5.56 Å². The van der Waals surface area contributed by atoms with Crippen LogP contribution >= 0.6 is 0 Å². The van der Waals surface area contributed by atoms with E-state index in [1.807, 2.05) is 39.8 Å². The van der Waals surface area contributed by atoms with Gasteiger partial charge in [-0.2, -0.15) is 10.1 Å². The van der Waals surface area contributed by atoms with Gasteiger partial charge in [0.1, 0.15) is 23.5 Å². The second kappa shape index (κ2) is 8.24. The largest absolute Gasteiger partial charge is 0.491 e. The molecule has 0 aliphatic rings. The summed E-state index contributed by atoms with van der Waals surface area (Å²) < 4.78 is 12.3. The first kappa shape index (κ1) is 19.6. The number of oxazole rings is 1. The number of amides is 1. The van der Waals surface area contributed by atoms with Crippen LogP contribution in [-0.2, 0) is 11.3 Å². The van der Waals surface area contributed by atoms with Crippen molar-refractivity contribution in [3.63, 3.8) is 0 Å². The zero-order valence-corrected chi connectivity index (χ0v) is 16.4. The van der Waals surface area contributed by atoms with Crippen molar-refractivity contribution in [2.24, 2.45) is 5.92 Å². The van der Waals surface area contributed by atoms with Crippen LogP contribution in [0.3, 0.4) is 0 Å². The van der Waals surface area contributed by atoms with Crippen LogP contribution in [0.15, 0.2) is 39.5 Å². The maximum atomic E-state index is 12.4. The Morgan fingerprint density at radius 2 is 2.00 bits per heavy atom. The minimum absolute atomic E-state index is 0.0362. The molecule has 8 nitrogen and oxygen atoms in total. The minimum Gasteiger partial charge on any atom is -0.491 e. The highest BCUT2D eigenvalue weighted by atomic mass is 16.5. The van der Waals surface area contributed by atoms with Crippen LogP contribution in [0.5, 0.6) is 5.75 Å². The number of anilines is 1. The molecule has 0 atom stereocenters. The normalized spacial score (nSPS) is 11.4. The molecular formula is C20H24N4O4. The van der Waals surface area contributed by atoms with E-state index in [1.165, 1.54) is 6.07 Å². The number of ether oxygens (including phenoxy) is 1. The lowest BCUT2D eigenvalue weighted by atomic mass is 10.1. The molecule has 1 aromatic carbocycles. The molecule has 1 N–H and O–H groups in total. The Kier molecular flexibility index (Phi) is 5.77. The van der Waals surface area contributed by atoms with Crippen LogP contribution in [-0.4, -0.2) is 27.3 Å². The van der Waals surface area contributed by atoms with Crippen molar-refractivity contribution in [2.45, 2.75) is 40.2 Å². The highest BCUT2D eigenvalue weighted by molar-refractivity contribution is 5.89. The van der Waals surface area contributed by atoms with Crippen molar-refractivity contribution in [3.8, 4) is 5.75 Å². The number of aromatic nitrogens is 3. The van der Waals surface area contributed by atoms with Crippen molar-refractivity contribution < 1.29 is 13.9 Å². The summed E-state index contributed by atoms with van der Waals surface area (Å²) in [6.07, 6.45) is 0. The number of carbonyl (C=O) groups excluding carboxylic acids is 1. The summed E-state index contributed by atoms with van der Waals surface area (Å²) in [6, 6.07) is 8.66. The summed E-state index contributed by atoms with van der Waals surface area (Å²) in [7, 11) is 0. The topological polar surface area (TPSA) is 99.2 Å². The van der Waals surface area contributed by atoms with Gasteiger partial charge >= 0.3 is 6.01 Å². The molecule has 3 aromatic rings. The van der Waals surface area contributed by atoms with E-state index in [0.717, 1.165) is 4.68 Å². The van der Waals surface area contributed by atoms with Crippen molar-refractivity contribution in [3.05, 3.63) is 46.4 Å². The van der Waals surface area contributed by atoms with Crippen molar-refractivity contribution in [1.29, 1.82) is 0 Å². The lowest BCUT2D eigenvalue weighted by Crippen LogP contribution is -2.30. The molecule has 2 heterocycles. The smallest absolute Gasteiger partial charge is 0.302 e. The van der Waals surface area contributed by atoms with Gasteiger partial charge in [-0.05, 0) is 18.1 Å². The number of carbonyl (C=O) groups is 1. The molecule has 0 aliphatic heterocycles. The second-order valence-corrected chi connectivity index (χ2v) is 7.28. The van der Waals surface area contributed by atoms with Crippen molar-refractivity contribution in [2.75, 3.05) is 11.9 Å². The third kappa shape index (κ3) is 4.57. The van der Waals surface area contributed by atoms with Gasteiger partial charge < -0.3 is 9.15 Å². The first-order valence-corrected chi connectivity index (χ1v) is 9.23. The average molecular weight is 384 g/mol. The van der Waals surface area contributed by atoms with Crippen molar-refractivity contribution in [1.82, 2.24) is 14.8 Å². The number of hydrogen-bond acceptors (Lipinski definition) is 6. The number of nitrogens with zero attached hydrogens (tertiary/aromatic N) is 3. The van der Waals surface area contributed by atoms with E-state index in [4.69, 9.17) is 9.15 Å². The maximum Gasteiger partial charge on any atom is 0.302 e. The standard InChI is InChI=1S/C20H24N4O4/c1-12(2)11-27-16-9-18(26)24(23-19(16)13(3)4)10-17(25)22-20-21-14-7-5-6-8-15(14)28-20/h5-9,12-13H,10-11H2,1-4H3,(H,21,22,25). The predicted molar refractivity (Wildman–Crippen MR) is 106 cm³/mol. The van der Waals surface area contributed by atoms with Crippen LogP contribution in [0.4, 0.5) is 6.01 Å². The van der Waals surface area contributed by atoms with E-state index >= 15 is 0 Å². The fraction of sp³-hybridized carbons (Fsp3) is 0.400. The van der Waals surface area contributed by atoms with Crippen LogP contribution < -0.4 is 15.6 Å². The number of nitrogens with one attached hydrogen (secondary N) is 1. The first-order valence-electron chi connectivity index (χ1n) is 9.23. The van der Waals surface area contributed by atoms with E-state index in [0.29, 0.717) is 35.1 Å². The van der Waals surface area contributed by atoms with E-state index in [1.54, 1.807) is 12.1 Å². The number of hydrogen-bond donors (Lipinski definition) is 1. The first-order chi connectivity index (χ1) is 13.3. The fourth-order valence-corrected chi connectivity index (χ4v) is 2.60. The van der Waals surface area contributed by atoms with Gasteiger partial charge in [0, 0.05) is 12.0 Å². The molecule has 28 heavy (non-hydrogen) atoms. The molecule has 0 fully saturated rings. The third-order valence-electron chi connectivity index (χ3n) is 3.94. The number of para-hydroxylation sites is 2. The number of fused-ring (bicyclic) bond motifs is 1. The zero-order chi connectivity index (χ0) is 20.3. The molecule has 0 aliphatic carbocycles. The SMILES string of the molecule is CC(C)COc1cc(=O)n(CC(=O)Nc2nc3ccccc3o2)nc1C(C)C. The molecule has 1 amide bonds. The van der Waals surface area contributed by atoms with E-state index in [-0.39, 0.29) is 18.5 Å². The van der Waals surface area contributed by atoms with Gasteiger partial charge in [-0.1, -0.05) is 39.8 Å². The maximum absolute atomic E-state index is 12.4. The lowest BCUT2D eigenvalue weighted by Gasteiger charge is -2.16. The molecule has 0 unspecified atom stereocenters. The highest BCUT2D eigenvalue weighted by Gasteiger charge is 2.17. The summed E-state index contributed by atoms with van der Waals surface area (Å²) in [5.74, 6) is 0.370. The van der Waals surface area contributed by atoms with Crippen LogP contribution in [0, 0.1) is 5.92 Å². The van der Waals surface area contributed by atoms with E-state index < -0.39 is 11.5 Å². The molecule has 0 saturated carbocycles. The number of rotatable bonds is 7. The van der Waals surface area contributed by atoms with Gasteiger partial charge in [-0.3, -0.25) is 14.9 Å². The Bertz CT molecular complexity index is 1000. The summed E-state index contributed by atoms with van der Waals surface area (Å²) in [5.41, 5.74) is 1.44. The zero-order valence-electron chi connectivity index (χ0n) is 16.4. The highest BCUT2D eigenvalue weighted by Crippen LogP contribution is 2.23. The molecule has 0 saturated heterocycles. The van der Waals surface area contributed by atoms with E-state index in [9.17, 15) is 9.59 Å². The van der Waals surface area contributed by atoms with Crippen LogP contribution in [0.2, 0.25) is 0 Å². The molecule has 148 valence electrons. The van der Waals surface area contributed by atoms with Crippen LogP contribution in [0.25, 0.3) is 11.1 Å². The Balaban J connectivity index is 1.77. The van der Waals surface area contributed by atoms with Gasteiger partial charge in [0.2, 0.25) is 5.91 Å². The summed E-state index contributed by atoms with van der Waals surface area (Å²) in [5, 5.41) is 6.90. The van der Waals surface area contributed by atoms with Crippen LogP contribution in [0.1, 0.15) is 39.3 Å². The van der Waals surface area contributed by atoms with Crippen molar-refractivity contribution >= 4 is 23.0 Å². The molecular weight excluding hydrogens is 360 g/mol. The van der Waals surface area contributed by atoms with Gasteiger partial charge in [0.05, 0.1) is 6.61 Å². The molecule has 3 rings (SSSR count).